The first kappa shape index (κ1) is 9.99. The van der Waals surface area contributed by atoms with Crippen LogP contribution in [0.3, 0.4) is 0 Å². The second kappa shape index (κ2) is 5.53. The van der Waals surface area contributed by atoms with Crippen LogP contribution in [0, 0.1) is 0 Å². The molecule has 0 aromatic carbocycles. The zero-order valence-corrected chi connectivity index (χ0v) is 10.5. The van der Waals surface area contributed by atoms with Gasteiger partial charge in [0.25, 0.3) is 0 Å². The highest BCUT2D eigenvalue weighted by Gasteiger charge is 2.18. The van der Waals surface area contributed by atoms with Gasteiger partial charge in [0.2, 0.25) is 0 Å². The molecule has 0 amide bonds. The Morgan fingerprint density at radius 2 is 2.36 bits per heavy atom. The summed E-state index contributed by atoms with van der Waals surface area (Å²) >= 11 is 2.56. The Kier molecular flexibility index (Phi) is 5.03. The van der Waals surface area contributed by atoms with Gasteiger partial charge < -0.3 is 4.43 Å². The predicted molar refractivity (Wildman–Crippen MR) is 60.0 cm³/mol. The fraction of sp³-hybridized carbons (Fsp3) is 1.00. The summed E-state index contributed by atoms with van der Waals surface area (Å²) in [6, 6.07) is 2.83. The van der Waals surface area contributed by atoms with E-state index >= 15 is 0 Å². The standard InChI is InChI=1S/C8H17IOSi/c1-2-8(9)7-11-6-4-3-5-10-11/h8,11H,2-7H2,1H3. The lowest BCUT2D eigenvalue weighted by atomic mass is 10.4. The molecule has 0 bridgehead atoms. The second-order valence-corrected chi connectivity index (χ2v) is 7.62. The minimum Gasteiger partial charge on any atom is -0.420 e. The van der Waals surface area contributed by atoms with E-state index in [0.717, 1.165) is 10.5 Å². The number of hydrogen-bond acceptors (Lipinski definition) is 1. The van der Waals surface area contributed by atoms with Crippen molar-refractivity contribution in [3.63, 3.8) is 0 Å². The van der Waals surface area contributed by atoms with E-state index in [1.165, 1.54) is 31.4 Å². The second-order valence-electron chi connectivity index (χ2n) is 3.23. The highest BCUT2D eigenvalue weighted by molar-refractivity contribution is 14.1. The SMILES string of the molecule is CCC(I)C[SiH]1CCCCO1. The average Bonchev–Trinajstić information content (AvgIpc) is 2.06. The number of alkyl halides is 1. The van der Waals surface area contributed by atoms with Crippen LogP contribution in [0.25, 0.3) is 0 Å². The van der Waals surface area contributed by atoms with Gasteiger partial charge in [0.1, 0.15) is 0 Å². The maximum atomic E-state index is 5.78. The van der Waals surface area contributed by atoms with Gasteiger partial charge in [-0.25, -0.2) is 0 Å². The molecule has 66 valence electrons. The fourth-order valence-electron chi connectivity index (χ4n) is 1.45. The van der Waals surface area contributed by atoms with Crippen LogP contribution in [0.4, 0.5) is 0 Å². The Balaban J connectivity index is 2.13. The Hall–Kier alpha value is 0.907. The molecule has 2 atom stereocenters. The summed E-state index contributed by atoms with van der Waals surface area (Å²) in [6.45, 7) is 3.33. The third kappa shape index (κ3) is 3.89. The van der Waals surface area contributed by atoms with Gasteiger partial charge >= 0.3 is 0 Å². The van der Waals surface area contributed by atoms with E-state index in [9.17, 15) is 0 Å². The summed E-state index contributed by atoms with van der Waals surface area (Å²) in [5, 5.41) is 0. The molecular formula is C8H17IOSi. The topological polar surface area (TPSA) is 9.23 Å². The molecule has 3 heteroatoms. The molecule has 1 nitrogen and oxygen atoms in total. The molecule has 0 saturated carbocycles. The van der Waals surface area contributed by atoms with Crippen molar-refractivity contribution in [3.8, 4) is 0 Å². The van der Waals surface area contributed by atoms with Crippen molar-refractivity contribution in [2.45, 2.75) is 42.2 Å². The van der Waals surface area contributed by atoms with Crippen molar-refractivity contribution in [2.75, 3.05) is 6.61 Å². The van der Waals surface area contributed by atoms with Crippen LogP contribution in [0.5, 0.6) is 0 Å². The summed E-state index contributed by atoms with van der Waals surface area (Å²) in [5.74, 6) is 0. The normalized spacial score (nSPS) is 28.4. The quantitative estimate of drug-likeness (QED) is 0.440. The first-order valence-electron chi connectivity index (χ1n) is 4.58. The van der Waals surface area contributed by atoms with Crippen molar-refractivity contribution in [1.29, 1.82) is 0 Å². The predicted octanol–water partition coefficient (Wildman–Crippen LogP) is 2.73. The molecule has 0 N–H and O–H groups in total. The molecule has 1 rings (SSSR count). The molecule has 1 aliphatic heterocycles. The van der Waals surface area contributed by atoms with E-state index in [1.54, 1.807) is 0 Å². The van der Waals surface area contributed by atoms with E-state index in [1.807, 2.05) is 0 Å². The lowest BCUT2D eigenvalue weighted by molar-refractivity contribution is 0.286. The molecule has 1 aliphatic rings. The maximum Gasteiger partial charge on any atom is 0.177 e. The summed E-state index contributed by atoms with van der Waals surface area (Å²) in [6.07, 6.45) is 4.05. The average molecular weight is 284 g/mol. The van der Waals surface area contributed by atoms with Crippen molar-refractivity contribution < 1.29 is 4.43 Å². The first-order chi connectivity index (χ1) is 5.33. The minimum atomic E-state index is -0.709. The largest absolute Gasteiger partial charge is 0.420 e. The molecule has 0 spiro atoms. The maximum absolute atomic E-state index is 5.78. The molecule has 0 aromatic heterocycles. The van der Waals surface area contributed by atoms with Crippen LogP contribution in [-0.2, 0) is 4.43 Å². The summed E-state index contributed by atoms with van der Waals surface area (Å²) in [7, 11) is -0.709. The minimum absolute atomic E-state index is 0.709. The molecule has 0 aromatic rings. The Labute approximate surface area is 84.8 Å². The Bertz CT molecular complexity index is 104. The highest BCUT2D eigenvalue weighted by Crippen LogP contribution is 2.20. The van der Waals surface area contributed by atoms with Gasteiger partial charge in [-0.1, -0.05) is 35.9 Å². The summed E-state index contributed by atoms with van der Waals surface area (Å²) in [5.41, 5.74) is 0. The van der Waals surface area contributed by atoms with Crippen molar-refractivity contribution in [3.05, 3.63) is 0 Å². The van der Waals surface area contributed by atoms with E-state index in [0.29, 0.717) is 0 Å². The van der Waals surface area contributed by atoms with E-state index < -0.39 is 9.04 Å². The number of hydrogen-bond donors (Lipinski definition) is 0. The molecule has 1 fully saturated rings. The fourth-order valence-corrected chi connectivity index (χ4v) is 5.83. The number of rotatable bonds is 3. The molecule has 0 aliphatic carbocycles. The Morgan fingerprint density at radius 1 is 1.55 bits per heavy atom. The van der Waals surface area contributed by atoms with Crippen molar-refractivity contribution >= 4 is 31.6 Å². The van der Waals surface area contributed by atoms with Gasteiger partial charge in [-0.15, -0.1) is 0 Å². The molecule has 11 heavy (non-hydrogen) atoms. The number of halogens is 1. The van der Waals surface area contributed by atoms with Gasteiger partial charge in [0.15, 0.2) is 9.04 Å². The van der Waals surface area contributed by atoms with Crippen LogP contribution in [0.15, 0.2) is 0 Å². The molecule has 1 heterocycles. The van der Waals surface area contributed by atoms with E-state index in [2.05, 4.69) is 29.5 Å². The molecule has 2 unspecified atom stereocenters. The van der Waals surface area contributed by atoms with Gasteiger partial charge in [0, 0.05) is 10.5 Å². The van der Waals surface area contributed by atoms with Crippen LogP contribution in [-0.4, -0.2) is 19.6 Å². The van der Waals surface area contributed by atoms with Crippen molar-refractivity contribution in [1.82, 2.24) is 0 Å². The van der Waals surface area contributed by atoms with Crippen molar-refractivity contribution in [2.24, 2.45) is 0 Å². The lowest BCUT2D eigenvalue weighted by Gasteiger charge is -2.22. The van der Waals surface area contributed by atoms with Gasteiger partial charge in [-0.3, -0.25) is 0 Å². The zero-order chi connectivity index (χ0) is 8.10. The van der Waals surface area contributed by atoms with Crippen LogP contribution >= 0.6 is 22.6 Å². The lowest BCUT2D eigenvalue weighted by Crippen LogP contribution is -2.25. The van der Waals surface area contributed by atoms with Gasteiger partial charge in [-0.2, -0.15) is 0 Å². The third-order valence-electron chi connectivity index (χ3n) is 2.24. The van der Waals surface area contributed by atoms with E-state index in [-0.39, 0.29) is 0 Å². The third-order valence-corrected chi connectivity index (χ3v) is 7.44. The first-order valence-corrected chi connectivity index (χ1v) is 7.93. The summed E-state index contributed by atoms with van der Waals surface area (Å²) < 4.78 is 6.66. The van der Waals surface area contributed by atoms with Gasteiger partial charge in [-0.05, 0) is 24.9 Å². The smallest absolute Gasteiger partial charge is 0.177 e. The molecule has 0 radical (unpaired) electrons. The zero-order valence-electron chi connectivity index (χ0n) is 7.18. The van der Waals surface area contributed by atoms with Crippen LogP contribution in [0.1, 0.15) is 26.2 Å². The highest BCUT2D eigenvalue weighted by atomic mass is 127. The summed E-state index contributed by atoms with van der Waals surface area (Å²) in [4.78, 5) is 0. The Morgan fingerprint density at radius 3 is 2.91 bits per heavy atom. The van der Waals surface area contributed by atoms with E-state index in [4.69, 9.17) is 4.43 Å². The van der Waals surface area contributed by atoms with Crippen LogP contribution in [0.2, 0.25) is 12.1 Å². The van der Waals surface area contributed by atoms with Crippen LogP contribution < -0.4 is 0 Å². The molecular weight excluding hydrogens is 267 g/mol. The van der Waals surface area contributed by atoms with Gasteiger partial charge in [0.05, 0.1) is 0 Å². The monoisotopic (exact) mass is 284 g/mol. The molecule has 1 saturated heterocycles.